The molecule has 0 aliphatic carbocycles. The summed E-state index contributed by atoms with van der Waals surface area (Å²) >= 11 is 0. The van der Waals surface area contributed by atoms with Crippen molar-refractivity contribution in [2.24, 2.45) is 0 Å². The Kier molecular flexibility index (Phi) is 3.69. The fourth-order valence-corrected chi connectivity index (χ4v) is 4.56. The highest BCUT2D eigenvalue weighted by Crippen LogP contribution is 2.40. The molecule has 7 heteroatoms. The molecular weight excluding hydrogens is 350 g/mol. The van der Waals surface area contributed by atoms with Crippen molar-refractivity contribution in [2.75, 3.05) is 16.2 Å². The Bertz CT molecular complexity index is 1160. The Morgan fingerprint density at radius 1 is 1.15 bits per heavy atom. The monoisotopic (exact) mass is 367 g/mol. The average Bonchev–Trinajstić information content (AvgIpc) is 2.88. The van der Waals surface area contributed by atoms with Gasteiger partial charge in [0.1, 0.15) is 5.82 Å². The first kappa shape index (κ1) is 16.5. The Labute approximate surface area is 151 Å². The molecule has 0 atom stereocenters. The van der Waals surface area contributed by atoms with Gasteiger partial charge in [-0.1, -0.05) is 12.1 Å². The molecule has 26 heavy (non-hydrogen) atoms. The summed E-state index contributed by atoms with van der Waals surface area (Å²) in [7, 11) is -3.85. The first-order valence-electron chi connectivity index (χ1n) is 8.25. The molecule has 0 saturated heterocycles. The highest BCUT2D eigenvalue weighted by Gasteiger charge is 2.31. The molecule has 0 fully saturated rings. The third-order valence-corrected chi connectivity index (χ3v) is 5.92. The van der Waals surface area contributed by atoms with Crippen LogP contribution in [0, 0.1) is 6.92 Å². The number of nitrogens with zero attached hydrogens (tertiary/aromatic N) is 2. The number of carbonyl (C=O) groups is 1. The molecule has 6 nitrogen and oxygen atoms in total. The summed E-state index contributed by atoms with van der Waals surface area (Å²) < 4.78 is 28.4. The van der Waals surface area contributed by atoms with Gasteiger partial charge in [-0.2, -0.15) is 0 Å². The number of pyridine rings is 1. The second-order valence-electron chi connectivity index (χ2n) is 6.18. The van der Waals surface area contributed by atoms with E-state index in [0.717, 1.165) is 11.3 Å². The molecule has 1 amide bonds. The number of aromatic nitrogens is 1. The van der Waals surface area contributed by atoms with Gasteiger partial charge in [-0.3, -0.25) is 9.52 Å². The van der Waals surface area contributed by atoms with Crippen molar-refractivity contribution in [1.82, 2.24) is 4.98 Å². The molecule has 1 N–H and O–H groups in total. The predicted octanol–water partition coefficient (Wildman–Crippen LogP) is 3.32. The normalized spacial score (nSPS) is 13.5. The molecule has 0 unspecified atom stereocenters. The Morgan fingerprint density at radius 3 is 2.69 bits per heavy atom. The number of carbonyl (C=O) groups excluding carboxylic acids is 1. The summed E-state index contributed by atoms with van der Waals surface area (Å²) in [5.41, 5.74) is 2.18. The number of anilines is 2. The zero-order valence-electron chi connectivity index (χ0n) is 14.4. The molecule has 1 aliphatic rings. The number of hydrogen-bond acceptors (Lipinski definition) is 4. The molecule has 2 heterocycles. The van der Waals surface area contributed by atoms with E-state index in [1.807, 2.05) is 13.8 Å². The zero-order chi connectivity index (χ0) is 18.5. The van der Waals surface area contributed by atoms with Gasteiger partial charge >= 0.3 is 0 Å². The summed E-state index contributed by atoms with van der Waals surface area (Å²) in [5, 5.41) is 1.21. The summed E-state index contributed by atoms with van der Waals surface area (Å²) in [4.78, 5) is 18.4. The lowest BCUT2D eigenvalue weighted by Gasteiger charge is -2.15. The number of hydrogen-bond donors (Lipinski definition) is 1. The van der Waals surface area contributed by atoms with Crippen molar-refractivity contribution in [2.45, 2.75) is 18.7 Å². The maximum atomic E-state index is 13.0. The van der Waals surface area contributed by atoms with E-state index in [4.69, 9.17) is 0 Å². The van der Waals surface area contributed by atoms with Gasteiger partial charge in [-0.15, -0.1) is 0 Å². The maximum Gasteiger partial charge on any atom is 0.263 e. The Morgan fingerprint density at radius 2 is 1.96 bits per heavy atom. The fourth-order valence-electron chi connectivity index (χ4n) is 3.35. The van der Waals surface area contributed by atoms with Crippen molar-refractivity contribution in [1.29, 1.82) is 0 Å². The lowest BCUT2D eigenvalue weighted by atomic mass is 10.1. The summed E-state index contributed by atoms with van der Waals surface area (Å²) in [6, 6.07) is 11.9. The number of aryl methyl sites for hydroxylation is 1. The van der Waals surface area contributed by atoms with Crippen LogP contribution < -0.4 is 9.62 Å². The van der Waals surface area contributed by atoms with Crippen molar-refractivity contribution in [3.05, 3.63) is 59.8 Å². The van der Waals surface area contributed by atoms with E-state index >= 15 is 0 Å². The van der Waals surface area contributed by atoms with Crippen molar-refractivity contribution < 1.29 is 13.2 Å². The lowest BCUT2D eigenvalue weighted by Crippen LogP contribution is -2.25. The van der Waals surface area contributed by atoms with E-state index < -0.39 is 10.0 Å². The number of nitrogens with one attached hydrogen (secondary N) is 1. The highest BCUT2D eigenvalue weighted by molar-refractivity contribution is 7.93. The van der Waals surface area contributed by atoms with E-state index in [1.165, 1.54) is 0 Å². The van der Waals surface area contributed by atoms with E-state index in [2.05, 4.69) is 9.71 Å². The van der Waals surface area contributed by atoms with E-state index in [0.29, 0.717) is 22.9 Å². The van der Waals surface area contributed by atoms with Crippen LogP contribution in [0.4, 0.5) is 11.5 Å². The summed E-state index contributed by atoms with van der Waals surface area (Å²) in [6.07, 6.45) is 1.55. The number of amides is 1. The molecule has 1 aromatic heterocycles. The molecule has 0 bridgehead atoms. The molecule has 0 saturated carbocycles. The van der Waals surface area contributed by atoms with Crippen LogP contribution in [0.5, 0.6) is 0 Å². The SMILES string of the molecule is CCN1C(=O)c2cccc3c(S(=O)(=O)Nc4cc(C)ccn4)ccc1c23. The van der Waals surface area contributed by atoms with Crippen LogP contribution in [-0.2, 0) is 10.0 Å². The average molecular weight is 367 g/mol. The molecule has 132 valence electrons. The molecular formula is C19H17N3O3S. The Balaban J connectivity index is 1.89. The minimum atomic E-state index is -3.85. The maximum absolute atomic E-state index is 13.0. The van der Waals surface area contributed by atoms with Gasteiger partial charge < -0.3 is 4.90 Å². The summed E-state index contributed by atoms with van der Waals surface area (Å²) in [6.45, 7) is 4.29. The van der Waals surface area contributed by atoms with Crippen LogP contribution in [0.3, 0.4) is 0 Å². The van der Waals surface area contributed by atoms with Crippen molar-refractivity contribution >= 4 is 38.2 Å². The van der Waals surface area contributed by atoms with Gasteiger partial charge in [0, 0.05) is 29.1 Å². The van der Waals surface area contributed by atoms with Crippen LogP contribution >= 0.6 is 0 Å². The quantitative estimate of drug-likeness (QED) is 0.767. The topological polar surface area (TPSA) is 79.4 Å². The largest absolute Gasteiger partial charge is 0.308 e. The molecule has 4 rings (SSSR count). The number of rotatable bonds is 4. The van der Waals surface area contributed by atoms with Gasteiger partial charge in [0.2, 0.25) is 0 Å². The first-order chi connectivity index (χ1) is 12.4. The van der Waals surface area contributed by atoms with Crippen LogP contribution in [0.15, 0.2) is 53.6 Å². The number of sulfonamides is 1. The van der Waals surface area contributed by atoms with Gasteiger partial charge in [-0.05, 0) is 49.7 Å². The molecule has 2 aromatic carbocycles. The van der Waals surface area contributed by atoms with Gasteiger partial charge in [0.25, 0.3) is 15.9 Å². The van der Waals surface area contributed by atoms with Crippen LogP contribution in [0.1, 0.15) is 22.8 Å². The molecule has 0 radical (unpaired) electrons. The fraction of sp³-hybridized carbons (Fsp3) is 0.158. The molecule has 3 aromatic rings. The first-order valence-corrected chi connectivity index (χ1v) is 9.74. The standard InChI is InChI=1S/C19H17N3O3S/c1-3-22-15-7-8-16(13-5-4-6-14(18(13)15)19(22)23)26(24,25)21-17-11-12(2)9-10-20-17/h4-11H,3H2,1-2H3,(H,20,21). The Hall–Kier alpha value is -2.93. The zero-order valence-corrected chi connectivity index (χ0v) is 15.2. The van der Waals surface area contributed by atoms with Crippen molar-refractivity contribution in [3.8, 4) is 0 Å². The van der Waals surface area contributed by atoms with Gasteiger partial charge in [0.05, 0.1) is 10.6 Å². The van der Waals surface area contributed by atoms with Gasteiger partial charge in [-0.25, -0.2) is 13.4 Å². The second kappa shape index (κ2) is 5.81. The van der Waals surface area contributed by atoms with E-state index in [-0.39, 0.29) is 16.6 Å². The van der Waals surface area contributed by atoms with E-state index in [9.17, 15) is 13.2 Å². The molecule has 0 spiro atoms. The third-order valence-electron chi connectivity index (χ3n) is 4.51. The molecule has 1 aliphatic heterocycles. The minimum absolute atomic E-state index is 0.101. The van der Waals surface area contributed by atoms with Crippen LogP contribution in [0.2, 0.25) is 0 Å². The third kappa shape index (κ3) is 2.43. The summed E-state index contributed by atoms with van der Waals surface area (Å²) in [5.74, 6) is 0.162. The minimum Gasteiger partial charge on any atom is -0.308 e. The predicted molar refractivity (Wildman–Crippen MR) is 101 cm³/mol. The lowest BCUT2D eigenvalue weighted by molar-refractivity contribution is 0.0994. The van der Waals surface area contributed by atoms with Crippen molar-refractivity contribution in [3.63, 3.8) is 0 Å². The highest BCUT2D eigenvalue weighted by atomic mass is 32.2. The van der Waals surface area contributed by atoms with Gasteiger partial charge in [0.15, 0.2) is 0 Å². The smallest absolute Gasteiger partial charge is 0.263 e. The second-order valence-corrected chi connectivity index (χ2v) is 7.84. The number of benzene rings is 2. The van der Waals surface area contributed by atoms with Crippen LogP contribution in [0.25, 0.3) is 10.8 Å². The van der Waals surface area contributed by atoms with Crippen LogP contribution in [-0.4, -0.2) is 25.9 Å². The van der Waals surface area contributed by atoms with E-state index in [1.54, 1.807) is 53.6 Å².